The van der Waals surface area contributed by atoms with Crippen molar-refractivity contribution in [3.63, 3.8) is 0 Å². The molecule has 6 heteroatoms. The number of alkyl carbamates (subject to hydrolysis) is 1. The van der Waals surface area contributed by atoms with Gasteiger partial charge >= 0.3 is 6.09 Å². The minimum absolute atomic E-state index is 0.141. The van der Waals surface area contributed by atoms with Gasteiger partial charge in [-0.1, -0.05) is 0 Å². The fraction of sp³-hybridized carbons (Fsp3) is 0.733. The maximum atomic E-state index is 11.6. The molecule has 1 aromatic rings. The van der Waals surface area contributed by atoms with Crippen LogP contribution >= 0.6 is 0 Å². The minimum Gasteiger partial charge on any atom is -0.444 e. The van der Waals surface area contributed by atoms with Crippen LogP contribution in [-0.4, -0.2) is 40.5 Å². The highest BCUT2D eigenvalue weighted by molar-refractivity contribution is 5.67. The minimum atomic E-state index is -0.473. The Labute approximate surface area is 126 Å². The molecule has 21 heavy (non-hydrogen) atoms. The zero-order valence-electron chi connectivity index (χ0n) is 13.7. The molecule has 0 aliphatic rings. The predicted octanol–water partition coefficient (Wildman–Crippen LogP) is 2.38. The van der Waals surface area contributed by atoms with Crippen molar-refractivity contribution in [3.8, 4) is 0 Å². The van der Waals surface area contributed by atoms with Crippen LogP contribution in [0.4, 0.5) is 4.79 Å². The van der Waals surface area contributed by atoms with E-state index in [0.717, 1.165) is 12.2 Å². The molecule has 1 atom stereocenters. The Morgan fingerprint density at radius 3 is 2.81 bits per heavy atom. The first kappa shape index (κ1) is 17.5. The van der Waals surface area contributed by atoms with Crippen LogP contribution in [0.25, 0.3) is 0 Å². The number of amides is 1. The van der Waals surface area contributed by atoms with Crippen molar-refractivity contribution in [3.05, 3.63) is 18.2 Å². The molecule has 0 saturated heterocycles. The third-order valence-corrected chi connectivity index (χ3v) is 2.75. The smallest absolute Gasteiger partial charge is 0.407 e. The zero-order chi connectivity index (χ0) is 15.9. The number of nitrogens with one attached hydrogen (secondary N) is 1. The highest BCUT2D eigenvalue weighted by Crippen LogP contribution is 2.07. The lowest BCUT2D eigenvalue weighted by Crippen LogP contribution is -2.33. The van der Waals surface area contributed by atoms with Crippen LogP contribution in [0.1, 0.15) is 40.3 Å². The van der Waals surface area contributed by atoms with Gasteiger partial charge in [-0.15, -0.1) is 0 Å². The van der Waals surface area contributed by atoms with Crippen molar-refractivity contribution in [2.45, 2.75) is 59.3 Å². The van der Waals surface area contributed by atoms with Gasteiger partial charge in [-0.05, 0) is 34.6 Å². The van der Waals surface area contributed by atoms with E-state index < -0.39 is 11.7 Å². The lowest BCUT2D eigenvalue weighted by atomic mass is 10.2. The summed E-state index contributed by atoms with van der Waals surface area (Å²) in [6.07, 6.45) is 4.06. The van der Waals surface area contributed by atoms with Crippen LogP contribution in [-0.2, 0) is 22.4 Å². The third kappa shape index (κ3) is 7.13. The first-order chi connectivity index (χ1) is 9.81. The van der Waals surface area contributed by atoms with Gasteiger partial charge in [0.25, 0.3) is 0 Å². The van der Waals surface area contributed by atoms with Gasteiger partial charge in [0.05, 0.1) is 12.4 Å². The molecule has 1 aromatic heterocycles. The SMILES string of the molecule is CCOC(C)Cn1cncc1CCNC(=O)OC(C)(C)C. The average molecular weight is 297 g/mol. The number of ether oxygens (including phenoxy) is 2. The van der Waals surface area contributed by atoms with Crippen molar-refractivity contribution < 1.29 is 14.3 Å². The highest BCUT2D eigenvalue weighted by atomic mass is 16.6. The number of hydrogen-bond donors (Lipinski definition) is 1. The van der Waals surface area contributed by atoms with E-state index in [1.54, 1.807) is 6.33 Å². The molecule has 120 valence electrons. The Bertz CT molecular complexity index is 438. The van der Waals surface area contributed by atoms with E-state index in [1.807, 2.05) is 40.8 Å². The molecule has 1 rings (SSSR count). The maximum absolute atomic E-state index is 11.6. The molecular formula is C15H27N3O3. The Kier molecular flexibility index (Phi) is 6.68. The van der Waals surface area contributed by atoms with Crippen LogP contribution in [0.3, 0.4) is 0 Å². The number of rotatable bonds is 7. The monoisotopic (exact) mass is 297 g/mol. The van der Waals surface area contributed by atoms with Gasteiger partial charge in [0.15, 0.2) is 0 Å². The van der Waals surface area contributed by atoms with Crippen LogP contribution in [0.2, 0.25) is 0 Å². The summed E-state index contributed by atoms with van der Waals surface area (Å²) in [5.74, 6) is 0. The number of nitrogens with zero attached hydrogens (tertiary/aromatic N) is 2. The Balaban J connectivity index is 2.39. The molecule has 1 unspecified atom stereocenters. The van der Waals surface area contributed by atoms with Crippen molar-refractivity contribution in [1.29, 1.82) is 0 Å². The predicted molar refractivity (Wildman–Crippen MR) is 81.3 cm³/mol. The standard InChI is InChI=1S/C15H27N3O3/c1-6-20-12(2)10-18-11-16-9-13(18)7-8-17-14(19)21-15(3,4)5/h9,11-12H,6-8,10H2,1-5H3,(H,17,19). The Morgan fingerprint density at radius 1 is 1.48 bits per heavy atom. The molecule has 0 bridgehead atoms. The van der Waals surface area contributed by atoms with Gasteiger partial charge in [0, 0.05) is 38.0 Å². The fourth-order valence-corrected chi connectivity index (χ4v) is 1.94. The Morgan fingerprint density at radius 2 is 2.19 bits per heavy atom. The molecule has 1 N–H and O–H groups in total. The summed E-state index contributed by atoms with van der Waals surface area (Å²) in [4.78, 5) is 15.7. The summed E-state index contributed by atoms with van der Waals surface area (Å²) in [5, 5.41) is 2.75. The quantitative estimate of drug-likeness (QED) is 0.839. The van der Waals surface area contributed by atoms with Crippen LogP contribution in [0.15, 0.2) is 12.5 Å². The summed E-state index contributed by atoms with van der Waals surface area (Å²) in [6.45, 7) is 11.5. The van der Waals surface area contributed by atoms with E-state index in [0.29, 0.717) is 19.6 Å². The zero-order valence-corrected chi connectivity index (χ0v) is 13.7. The summed E-state index contributed by atoms with van der Waals surface area (Å²) in [7, 11) is 0. The topological polar surface area (TPSA) is 65.4 Å². The van der Waals surface area contributed by atoms with Gasteiger partial charge < -0.3 is 19.4 Å². The van der Waals surface area contributed by atoms with Gasteiger partial charge in [-0.2, -0.15) is 0 Å². The third-order valence-electron chi connectivity index (χ3n) is 2.75. The molecular weight excluding hydrogens is 270 g/mol. The van der Waals surface area contributed by atoms with E-state index >= 15 is 0 Å². The second-order valence-corrected chi connectivity index (χ2v) is 5.98. The first-order valence-electron chi connectivity index (χ1n) is 7.39. The average Bonchev–Trinajstić information content (AvgIpc) is 2.74. The summed E-state index contributed by atoms with van der Waals surface area (Å²) in [6, 6.07) is 0. The summed E-state index contributed by atoms with van der Waals surface area (Å²) in [5.41, 5.74) is 0.594. The number of carbonyl (C=O) groups is 1. The second-order valence-electron chi connectivity index (χ2n) is 5.98. The van der Waals surface area contributed by atoms with E-state index in [9.17, 15) is 4.79 Å². The normalized spacial score (nSPS) is 13.0. The van der Waals surface area contributed by atoms with Crippen molar-refractivity contribution in [2.24, 2.45) is 0 Å². The van der Waals surface area contributed by atoms with Crippen LogP contribution in [0.5, 0.6) is 0 Å². The number of imidazole rings is 1. The molecule has 1 heterocycles. The number of hydrogen-bond acceptors (Lipinski definition) is 4. The molecule has 0 spiro atoms. The summed E-state index contributed by atoms with van der Waals surface area (Å²) < 4.78 is 12.8. The van der Waals surface area contributed by atoms with Gasteiger partial charge in [-0.25, -0.2) is 9.78 Å². The van der Waals surface area contributed by atoms with Gasteiger partial charge in [-0.3, -0.25) is 0 Å². The molecule has 1 amide bonds. The van der Waals surface area contributed by atoms with Crippen LogP contribution in [0, 0.1) is 0 Å². The largest absolute Gasteiger partial charge is 0.444 e. The van der Waals surface area contributed by atoms with Crippen molar-refractivity contribution >= 4 is 6.09 Å². The highest BCUT2D eigenvalue weighted by Gasteiger charge is 2.15. The van der Waals surface area contributed by atoms with E-state index in [4.69, 9.17) is 9.47 Å². The molecule has 0 aliphatic carbocycles. The van der Waals surface area contributed by atoms with E-state index in [1.165, 1.54) is 0 Å². The maximum Gasteiger partial charge on any atom is 0.407 e. The van der Waals surface area contributed by atoms with Crippen molar-refractivity contribution in [1.82, 2.24) is 14.9 Å². The molecule has 0 fully saturated rings. The van der Waals surface area contributed by atoms with E-state index in [2.05, 4.69) is 14.9 Å². The van der Waals surface area contributed by atoms with E-state index in [-0.39, 0.29) is 6.10 Å². The molecule has 6 nitrogen and oxygen atoms in total. The first-order valence-corrected chi connectivity index (χ1v) is 7.39. The van der Waals surface area contributed by atoms with Gasteiger partial charge in [0.1, 0.15) is 5.60 Å². The van der Waals surface area contributed by atoms with Crippen molar-refractivity contribution in [2.75, 3.05) is 13.2 Å². The summed E-state index contributed by atoms with van der Waals surface area (Å²) >= 11 is 0. The molecule has 0 aliphatic heterocycles. The lowest BCUT2D eigenvalue weighted by Gasteiger charge is -2.19. The molecule has 0 radical (unpaired) electrons. The second kappa shape index (κ2) is 8.02. The number of carbonyl (C=O) groups excluding carboxylic acids is 1. The van der Waals surface area contributed by atoms with Gasteiger partial charge in [0.2, 0.25) is 0 Å². The van der Waals surface area contributed by atoms with Crippen LogP contribution < -0.4 is 5.32 Å². The number of aromatic nitrogens is 2. The molecule has 0 aromatic carbocycles. The Hall–Kier alpha value is -1.56. The lowest BCUT2D eigenvalue weighted by molar-refractivity contribution is 0.0526. The molecule has 0 saturated carbocycles. The fourth-order valence-electron chi connectivity index (χ4n) is 1.94.